The molecule has 1 heterocycles. The van der Waals surface area contributed by atoms with Crippen molar-refractivity contribution in [2.75, 3.05) is 11.4 Å². The van der Waals surface area contributed by atoms with Gasteiger partial charge in [-0.1, -0.05) is 37.1 Å². The first kappa shape index (κ1) is 20.2. The fourth-order valence-corrected chi connectivity index (χ4v) is 4.71. The number of piperazine rings is 1. The quantitative estimate of drug-likeness (QED) is 0.755. The fraction of sp³-hybridized carbons (Fsp3) is 0.524. The van der Waals surface area contributed by atoms with Crippen molar-refractivity contribution in [3.8, 4) is 5.75 Å². The van der Waals surface area contributed by atoms with Gasteiger partial charge in [0, 0.05) is 40.6 Å². The maximum absolute atomic E-state index is 12.8. The van der Waals surface area contributed by atoms with E-state index in [9.17, 15) is 8.78 Å². The Hall–Kier alpha value is -1.59. The predicted molar refractivity (Wildman–Crippen MR) is 108 cm³/mol. The molecule has 1 saturated carbocycles. The van der Waals surface area contributed by atoms with Crippen molar-refractivity contribution in [3.05, 3.63) is 36.4 Å². The third kappa shape index (κ3) is 3.99. The highest BCUT2D eigenvalue weighted by Gasteiger charge is 2.40. The molecular formula is C21H27ClF2N2O. The molecule has 0 radical (unpaired) electrons. The molecule has 6 heteroatoms. The van der Waals surface area contributed by atoms with Crippen LogP contribution in [0, 0.1) is 0 Å². The smallest absolute Gasteiger partial charge is 0.387 e. The van der Waals surface area contributed by atoms with Gasteiger partial charge < -0.3 is 15.0 Å². The van der Waals surface area contributed by atoms with E-state index < -0.39 is 6.61 Å². The van der Waals surface area contributed by atoms with E-state index >= 15 is 0 Å². The first-order chi connectivity index (χ1) is 12.4. The van der Waals surface area contributed by atoms with Gasteiger partial charge >= 0.3 is 6.61 Å². The molecule has 0 amide bonds. The average molecular weight is 397 g/mol. The van der Waals surface area contributed by atoms with Gasteiger partial charge in [0.2, 0.25) is 0 Å². The van der Waals surface area contributed by atoms with Crippen molar-refractivity contribution < 1.29 is 13.5 Å². The number of anilines is 1. The minimum absolute atomic E-state index is 0. The van der Waals surface area contributed by atoms with Gasteiger partial charge in [0.1, 0.15) is 5.75 Å². The molecule has 3 nitrogen and oxygen atoms in total. The van der Waals surface area contributed by atoms with E-state index in [2.05, 4.69) is 24.1 Å². The number of halogens is 3. The van der Waals surface area contributed by atoms with Crippen LogP contribution in [0.15, 0.2) is 36.4 Å². The van der Waals surface area contributed by atoms with Gasteiger partial charge in [0.15, 0.2) is 0 Å². The fourth-order valence-electron chi connectivity index (χ4n) is 4.71. The second kappa shape index (κ2) is 7.80. The molecule has 2 atom stereocenters. The molecule has 1 aliphatic carbocycles. The lowest BCUT2D eigenvalue weighted by molar-refractivity contribution is -0.0487. The molecule has 2 aromatic carbocycles. The summed E-state index contributed by atoms with van der Waals surface area (Å²) in [4.78, 5) is 2.49. The van der Waals surface area contributed by atoms with E-state index in [4.69, 9.17) is 4.74 Å². The zero-order valence-electron chi connectivity index (χ0n) is 15.8. The Morgan fingerprint density at radius 1 is 1.07 bits per heavy atom. The molecule has 1 saturated heterocycles. The van der Waals surface area contributed by atoms with E-state index in [1.807, 2.05) is 30.3 Å². The number of alkyl halides is 2. The summed E-state index contributed by atoms with van der Waals surface area (Å²) in [5.74, 6) is 0.244. The number of ether oxygens (including phenoxy) is 1. The predicted octanol–water partition coefficient (Wildman–Crippen LogP) is 5.36. The van der Waals surface area contributed by atoms with E-state index in [1.54, 1.807) is 6.07 Å². The topological polar surface area (TPSA) is 24.5 Å². The monoisotopic (exact) mass is 396 g/mol. The summed E-state index contributed by atoms with van der Waals surface area (Å²) >= 11 is 0. The van der Waals surface area contributed by atoms with Gasteiger partial charge in [0.05, 0.1) is 0 Å². The van der Waals surface area contributed by atoms with E-state index in [0.29, 0.717) is 12.1 Å². The number of rotatable bonds is 3. The molecule has 1 aliphatic heterocycles. The van der Waals surface area contributed by atoms with Crippen LogP contribution >= 0.6 is 12.4 Å². The third-order valence-electron chi connectivity index (χ3n) is 5.66. The van der Waals surface area contributed by atoms with Gasteiger partial charge in [-0.3, -0.25) is 0 Å². The van der Waals surface area contributed by atoms with E-state index in [-0.39, 0.29) is 23.7 Å². The molecule has 0 unspecified atom stereocenters. The summed E-state index contributed by atoms with van der Waals surface area (Å²) in [5, 5.41) is 5.54. The normalized spacial score (nSPS) is 24.4. The lowest BCUT2D eigenvalue weighted by Crippen LogP contribution is -2.67. The standard InChI is InChI=1S/C21H26F2N2O.ClH/c1-21(2)13-25(18-10-6-5-9-16(18)24-21)17-11-12-19(26-20(22)23)15-8-4-3-7-14(15)17;/h3-4,7-8,11-12,16,18,20,24H,5-6,9-10,13H2,1-2H3;1H/t16-,18-;/m1./s1. The Kier molecular flexibility index (Phi) is 5.82. The van der Waals surface area contributed by atoms with Gasteiger partial charge in [-0.2, -0.15) is 8.78 Å². The Bertz CT molecular complexity index is 799. The third-order valence-corrected chi connectivity index (χ3v) is 5.66. The number of nitrogens with zero attached hydrogens (tertiary/aromatic N) is 1. The molecular weight excluding hydrogens is 370 g/mol. The summed E-state index contributed by atoms with van der Waals surface area (Å²) in [6.07, 6.45) is 4.86. The summed E-state index contributed by atoms with van der Waals surface area (Å²) in [5.41, 5.74) is 1.13. The van der Waals surface area contributed by atoms with Crippen LogP contribution in [0.1, 0.15) is 39.5 Å². The molecule has 2 aliphatic rings. The second-order valence-corrected chi connectivity index (χ2v) is 8.12. The molecule has 27 heavy (non-hydrogen) atoms. The Labute approximate surface area is 165 Å². The zero-order chi connectivity index (χ0) is 18.3. The van der Waals surface area contributed by atoms with Crippen LogP contribution in [0.5, 0.6) is 5.75 Å². The van der Waals surface area contributed by atoms with Crippen LogP contribution in [0.3, 0.4) is 0 Å². The highest BCUT2D eigenvalue weighted by Crippen LogP contribution is 2.39. The first-order valence-electron chi connectivity index (χ1n) is 9.45. The molecule has 2 aromatic rings. The maximum atomic E-state index is 12.8. The highest BCUT2D eigenvalue weighted by molar-refractivity contribution is 5.98. The van der Waals surface area contributed by atoms with Crippen LogP contribution < -0.4 is 15.0 Å². The number of fused-ring (bicyclic) bond motifs is 2. The Balaban J connectivity index is 0.00000210. The van der Waals surface area contributed by atoms with Crippen molar-refractivity contribution in [2.45, 2.75) is 63.8 Å². The molecule has 1 N–H and O–H groups in total. The van der Waals surface area contributed by atoms with Crippen molar-refractivity contribution in [3.63, 3.8) is 0 Å². The summed E-state index contributed by atoms with van der Waals surface area (Å²) in [6, 6.07) is 12.3. The molecule has 0 spiro atoms. The highest BCUT2D eigenvalue weighted by atomic mass is 35.5. The summed E-state index contributed by atoms with van der Waals surface area (Å²) in [6.45, 7) is 2.56. The van der Waals surface area contributed by atoms with Crippen molar-refractivity contribution in [2.24, 2.45) is 0 Å². The number of hydrogen-bond donors (Lipinski definition) is 1. The Morgan fingerprint density at radius 3 is 2.52 bits per heavy atom. The molecule has 4 rings (SSSR count). The largest absolute Gasteiger partial charge is 0.434 e. The van der Waals surface area contributed by atoms with Crippen LogP contribution in [-0.2, 0) is 0 Å². The summed E-state index contributed by atoms with van der Waals surface area (Å²) < 4.78 is 30.3. The van der Waals surface area contributed by atoms with Crippen LogP contribution in [0.25, 0.3) is 10.8 Å². The van der Waals surface area contributed by atoms with Gasteiger partial charge in [-0.05, 0) is 38.8 Å². The van der Waals surface area contributed by atoms with Crippen LogP contribution in [-0.4, -0.2) is 30.8 Å². The van der Waals surface area contributed by atoms with E-state index in [0.717, 1.165) is 29.4 Å². The molecule has 2 fully saturated rings. The number of benzene rings is 2. The maximum Gasteiger partial charge on any atom is 0.387 e. The summed E-state index contributed by atoms with van der Waals surface area (Å²) in [7, 11) is 0. The number of nitrogens with one attached hydrogen (secondary N) is 1. The minimum atomic E-state index is -2.81. The van der Waals surface area contributed by atoms with Crippen molar-refractivity contribution in [1.29, 1.82) is 0 Å². The van der Waals surface area contributed by atoms with Crippen LogP contribution in [0.2, 0.25) is 0 Å². The molecule has 0 aromatic heterocycles. The first-order valence-corrected chi connectivity index (χ1v) is 9.45. The van der Waals surface area contributed by atoms with Crippen molar-refractivity contribution in [1.82, 2.24) is 5.32 Å². The molecule has 0 bridgehead atoms. The Morgan fingerprint density at radius 2 is 1.78 bits per heavy atom. The average Bonchev–Trinajstić information content (AvgIpc) is 2.60. The van der Waals surface area contributed by atoms with Crippen molar-refractivity contribution >= 4 is 28.9 Å². The van der Waals surface area contributed by atoms with Gasteiger partial charge in [-0.15, -0.1) is 12.4 Å². The molecule has 148 valence electrons. The van der Waals surface area contributed by atoms with Crippen LogP contribution in [0.4, 0.5) is 14.5 Å². The van der Waals surface area contributed by atoms with E-state index in [1.165, 1.54) is 19.3 Å². The zero-order valence-corrected chi connectivity index (χ0v) is 16.6. The second-order valence-electron chi connectivity index (χ2n) is 8.12. The van der Waals surface area contributed by atoms with Gasteiger partial charge in [0.25, 0.3) is 0 Å². The number of hydrogen-bond acceptors (Lipinski definition) is 3. The lowest BCUT2D eigenvalue weighted by atomic mass is 9.83. The lowest BCUT2D eigenvalue weighted by Gasteiger charge is -2.52. The minimum Gasteiger partial charge on any atom is -0.434 e. The van der Waals surface area contributed by atoms with Gasteiger partial charge in [-0.25, -0.2) is 0 Å². The SMILES string of the molecule is CC1(C)CN(c2ccc(OC(F)F)c3ccccc23)[C@@H]2CCCC[C@H]2N1.Cl.